The van der Waals surface area contributed by atoms with Gasteiger partial charge in [0.15, 0.2) is 0 Å². The van der Waals surface area contributed by atoms with E-state index in [1.54, 1.807) is 36.3 Å². The van der Waals surface area contributed by atoms with Gasteiger partial charge in [-0.25, -0.2) is 9.37 Å². The third-order valence-electron chi connectivity index (χ3n) is 5.84. The van der Waals surface area contributed by atoms with Crippen LogP contribution in [0.1, 0.15) is 46.9 Å². The van der Waals surface area contributed by atoms with Gasteiger partial charge in [-0.15, -0.1) is 0 Å². The van der Waals surface area contributed by atoms with Crippen molar-refractivity contribution in [3.8, 4) is 5.88 Å². The number of halogens is 2. The molecule has 1 aliphatic rings. The third-order valence-corrected chi connectivity index (χ3v) is 6.25. The molecule has 1 aliphatic heterocycles. The molecule has 0 atom stereocenters. The first-order valence-electron chi connectivity index (χ1n) is 10.4. The Balaban J connectivity index is 1.94. The van der Waals surface area contributed by atoms with Crippen molar-refractivity contribution in [2.24, 2.45) is 0 Å². The van der Waals surface area contributed by atoms with E-state index in [0.717, 1.165) is 16.9 Å². The van der Waals surface area contributed by atoms with Crippen molar-refractivity contribution in [2.45, 2.75) is 33.6 Å². The van der Waals surface area contributed by atoms with Gasteiger partial charge in [0.1, 0.15) is 12.5 Å². The number of methoxy groups -OCH3 is 1. The average Bonchev–Trinajstić information content (AvgIpc) is 2.76. The molecule has 32 heavy (non-hydrogen) atoms. The Morgan fingerprint density at radius 1 is 1.03 bits per heavy atom. The third kappa shape index (κ3) is 3.69. The number of rotatable bonds is 4. The molecule has 0 unspecified atom stereocenters. The van der Waals surface area contributed by atoms with Crippen molar-refractivity contribution in [2.75, 3.05) is 23.6 Å². The Hall–Kier alpha value is -3.12. The summed E-state index contributed by atoms with van der Waals surface area (Å²) in [6, 6.07) is 12.0. The van der Waals surface area contributed by atoms with Crippen LogP contribution < -0.4 is 14.5 Å². The molecule has 3 aromatic rings. The Labute approximate surface area is 192 Å². The first kappa shape index (κ1) is 22.1. The van der Waals surface area contributed by atoms with Crippen LogP contribution >= 0.6 is 11.6 Å². The number of pyridine rings is 1. The Morgan fingerprint density at radius 3 is 2.38 bits per heavy atom. The van der Waals surface area contributed by atoms with Gasteiger partial charge in [-0.05, 0) is 67.3 Å². The molecule has 2 aromatic carbocycles. The summed E-state index contributed by atoms with van der Waals surface area (Å²) >= 11 is 6.40. The zero-order chi connectivity index (χ0) is 23.2. The molecule has 0 saturated heterocycles. The average molecular weight is 454 g/mol. The van der Waals surface area contributed by atoms with E-state index in [2.05, 4.69) is 4.98 Å². The smallest absolute Gasteiger partial charge is 0.262 e. The second-order valence-electron chi connectivity index (χ2n) is 8.19. The SMILES string of the molecule is COc1ccc(N2CN(c3ccc(F)cc3C(C)C)c3ccc(Cl)c(C)c3C2=O)c(C)n1. The summed E-state index contributed by atoms with van der Waals surface area (Å²) in [6.07, 6.45) is 0. The van der Waals surface area contributed by atoms with Gasteiger partial charge < -0.3 is 9.64 Å². The fourth-order valence-electron chi connectivity index (χ4n) is 4.14. The minimum atomic E-state index is -0.287. The maximum absolute atomic E-state index is 14.1. The number of fused-ring (bicyclic) bond motifs is 1. The maximum atomic E-state index is 14.1. The number of hydrogen-bond donors (Lipinski definition) is 0. The molecule has 0 N–H and O–H groups in total. The summed E-state index contributed by atoms with van der Waals surface area (Å²) in [4.78, 5) is 21.8. The predicted molar refractivity (Wildman–Crippen MR) is 126 cm³/mol. The number of carbonyl (C=O) groups excluding carboxylic acids is 1. The summed E-state index contributed by atoms with van der Waals surface area (Å²) in [6.45, 7) is 7.99. The standard InChI is InChI=1S/C25H25ClFN3O2/c1-14(2)18-12-17(27)6-8-21(18)29-13-30(20-10-11-23(32-5)28-16(20)4)25(31)24-15(3)19(26)7-9-22(24)29/h6-12,14H,13H2,1-5H3. The molecule has 0 radical (unpaired) electrons. The molecule has 0 bridgehead atoms. The molecule has 1 aromatic heterocycles. The van der Waals surface area contributed by atoms with Crippen molar-refractivity contribution < 1.29 is 13.9 Å². The van der Waals surface area contributed by atoms with Gasteiger partial charge in [0, 0.05) is 16.8 Å². The number of aryl methyl sites for hydroxylation is 1. The van der Waals surface area contributed by atoms with Gasteiger partial charge in [0.2, 0.25) is 5.88 Å². The van der Waals surface area contributed by atoms with E-state index >= 15 is 0 Å². The number of ether oxygens (including phenoxy) is 1. The normalized spacial score (nSPS) is 13.6. The molecule has 2 heterocycles. The van der Waals surface area contributed by atoms with E-state index in [-0.39, 0.29) is 24.3 Å². The Kier molecular flexibility index (Phi) is 5.82. The van der Waals surface area contributed by atoms with Gasteiger partial charge in [0.05, 0.1) is 29.7 Å². The van der Waals surface area contributed by atoms with Crippen LogP contribution in [0.2, 0.25) is 5.02 Å². The molecule has 0 aliphatic carbocycles. The molecule has 7 heteroatoms. The summed E-state index contributed by atoms with van der Waals surface area (Å²) in [5.74, 6) is 0.130. The zero-order valence-electron chi connectivity index (χ0n) is 18.7. The minimum Gasteiger partial charge on any atom is -0.481 e. The van der Waals surface area contributed by atoms with Gasteiger partial charge in [-0.1, -0.05) is 25.4 Å². The highest BCUT2D eigenvalue weighted by Gasteiger charge is 2.35. The largest absolute Gasteiger partial charge is 0.481 e. The Morgan fingerprint density at radius 2 is 1.72 bits per heavy atom. The van der Waals surface area contributed by atoms with Crippen molar-refractivity contribution in [3.63, 3.8) is 0 Å². The molecule has 4 rings (SSSR count). The lowest BCUT2D eigenvalue weighted by Gasteiger charge is -2.40. The first-order chi connectivity index (χ1) is 15.2. The van der Waals surface area contributed by atoms with Crippen LogP contribution in [0.25, 0.3) is 0 Å². The van der Waals surface area contributed by atoms with Crippen LogP contribution in [0.4, 0.5) is 21.5 Å². The van der Waals surface area contributed by atoms with Crippen LogP contribution in [0.3, 0.4) is 0 Å². The fraction of sp³-hybridized carbons (Fsp3) is 0.280. The number of carbonyl (C=O) groups is 1. The van der Waals surface area contributed by atoms with Gasteiger partial charge in [0.25, 0.3) is 5.91 Å². The van der Waals surface area contributed by atoms with Gasteiger partial charge >= 0.3 is 0 Å². The molecule has 0 fully saturated rings. The zero-order valence-corrected chi connectivity index (χ0v) is 19.5. The number of hydrogen-bond acceptors (Lipinski definition) is 4. The quantitative estimate of drug-likeness (QED) is 0.460. The van der Waals surface area contributed by atoms with E-state index < -0.39 is 0 Å². The highest BCUT2D eigenvalue weighted by molar-refractivity contribution is 6.32. The molecule has 0 saturated carbocycles. The summed E-state index contributed by atoms with van der Waals surface area (Å²) in [5, 5.41) is 0.520. The molecular formula is C25H25ClFN3O2. The summed E-state index contributed by atoms with van der Waals surface area (Å²) < 4.78 is 19.3. The summed E-state index contributed by atoms with van der Waals surface area (Å²) in [7, 11) is 1.55. The highest BCUT2D eigenvalue weighted by atomic mass is 35.5. The first-order valence-corrected chi connectivity index (χ1v) is 10.8. The topological polar surface area (TPSA) is 45.7 Å². The van der Waals surface area contributed by atoms with E-state index in [4.69, 9.17) is 16.3 Å². The molecule has 1 amide bonds. The predicted octanol–water partition coefficient (Wildman–Crippen LogP) is 6.38. The second kappa shape index (κ2) is 8.43. The lowest BCUT2D eigenvalue weighted by molar-refractivity contribution is 0.0982. The number of aromatic nitrogens is 1. The van der Waals surface area contributed by atoms with E-state index in [9.17, 15) is 9.18 Å². The number of benzene rings is 2. The number of amides is 1. The van der Waals surface area contributed by atoms with Crippen LogP contribution in [0.15, 0.2) is 42.5 Å². The van der Waals surface area contributed by atoms with Crippen molar-refractivity contribution >= 4 is 34.6 Å². The molecule has 166 valence electrons. The highest BCUT2D eigenvalue weighted by Crippen LogP contribution is 2.42. The summed E-state index contributed by atoms with van der Waals surface area (Å²) in [5.41, 5.74) is 5.04. The fourth-order valence-corrected chi connectivity index (χ4v) is 4.30. The van der Waals surface area contributed by atoms with Crippen molar-refractivity contribution in [1.29, 1.82) is 0 Å². The minimum absolute atomic E-state index is 0.0908. The Bertz CT molecular complexity index is 1210. The monoisotopic (exact) mass is 453 g/mol. The lowest BCUT2D eigenvalue weighted by Crippen LogP contribution is -2.46. The van der Waals surface area contributed by atoms with Crippen LogP contribution in [-0.2, 0) is 0 Å². The van der Waals surface area contributed by atoms with E-state index in [1.165, 1.54) is 6.07 Å². The number of anilines is 3. The van der Waals surface area contributed by atoms with E-state index in [1.807, 2.05) is 44.7 Å². The molecule has 0 spiro atoms. The molecule has 5 nitrogen and oxygen atoms in total. The van der Waals surface area contributed by atoms with Gasteiger partial charge in [-0.2, -0.15) is 0 Å². The lowest BCUT2D eigenvalue weighted by atomic mass is 9.97. The van der Waals surface area contributed by atoms with Crippen LogP contribution in [0, 0.1) is 19.7 Å². The van der Waals surface area contributed by atoms with Crippen LogP contribution in [0.5, 0.6) is 5.88 Å². The molecular weight excluding hydrogens is 429 g/mol. The van der Waals surface area contributed by atoms with Crippen LogP contribution in [-0.4, -0.2) is 24.7 Å². The van der Waals surface area contributed by atoms with Crippen molar-refractivity contribution in [3.05, 3.63) is 75.7 Å². The van der Waals surface area contributed by atoms with Crippen molar-refractivity contribution in [1.82, 2.24) is 4.98 Å². The second-order valence-corrected chi connectivity index (χ2v) is 8.59. The number of nitrogens with zero attached hydrogens (tertiary/aromatic N) is 3. The maximum Gasteiger partial charge on any atom is 0.262 e. The van der Waals surface area contributed by atoms with Gasteiger partial charge in [-0.3, -0.25) is 9.69 Å². The van der Waals surface area contributed by atoms with E-state index in [0.29, 0.717) is 33.4 Å².